The van der Waals surface area contributed by atoms with Crippen molar-refractivity contribution < 1.29 is 27.5 Å². The molecule has 2 heterocycles. The molecule has 2 aromatic carbocycles. The quantitative estimate of drug-likeness (QED) is 0.332. The van der Waals surface area contributed by atoms with E-state index in [9.17, 15) is 22.8 Å². The molecule has 0 radical (unpaired) electrons. The Labute approximate surface area is 209 Å². The predicted molar refractivity (Wildman–Crippen MR) is 129 cm³/mol. The number of ether oxygens (including phenoxy) is 1. The molecule has 3 amide bonds. The number of nitrogens with one attached hydrogen (secondary N) is 3. The van der Waals surface area contributed by atoms with E-state index >= 15 is 0 Å². The lowest BCUT2D eigenvalue weighted by Gasteiger charge is -2.15. The highest BCUT2D eigenvalue weighted by Crippen LogP contribution is 2.33. The summed E-state index contributed by atoms with van der Waals surface area (Å²) in [5.41, 5.74) is 0.352. The van der Waals surface area contributed by atoms with Gasteiger partial charge >= 0.3 is 12.2 Å². The van der Waals surface area contributed by atoms with Gasteiger partial charge in [-0.2, -0.15) is 13.2 Å². The van der Waals surface area contributed by atoms with Gasteiger partial charge < -0.3 is 25.3 Å². The fraction of sp³-hybridized carbons (Fsp3) is 0.120. The number of rotatable bonds is 7. The lowest BCUT2D eigenvalue weighted by atomic mass is 10.1. The first-order valence-electron chi connectivity index (χ1n) is 10.9. The van der Waals surface area contributed by atoms with Crippen molar-refractivity contribution in [3.8, 4) is 17.2 Å². The van der Waals surface area contributed by atoms with Crippen LogP contribution in [-0.2, 0) is 12.7 Å². The zero-order chi connectivity index (χ0) is 26.4. The van der Waals surface area contributed by atoms with E-state index in [-0.39, 0.29) is 23.8 Å². The maximum atomic E-state index is 13.2. The maximum absolute atomic E-state index is 13.2. The number of halogens is 3. The molecule has 4 aromatic rings. The number of aromatic nitrogens is 3. The van der Waals surface area contributed by atoms with Crippen LogP contribution in [0.25, 0.3) is 5.69 Å². The summed E-state index contributed by atoms with van der Waals surface area (Å²) in [5, 5.41) is 7.59. The van der Waals surface area contributed by atoms with Crippen LogP contribution in [0.4, 0.5) is 23.7 Å². The molecule has 12 heteroatoms. The lowest BCUT2D eigenvalue weighted by molar-refractivity contribution is -0.137. The van der Waals surface area contributed by atoms with Crippen LogP contribution in [0.3, 0.4) is 0 Å². The molecule has 0 aliphatic heterocycles. The number of hydrogen-bond acceptors (Lipinski definition) is 5. The second-order valence-corrected chi connectivity index (χ2v) is 7.71. The molecule has 3 N–H and O–H groups in total. The average Bonchev–Trinajstić information content (AvgIpc) is 3.42. The van der Waals surface area contributed by atoms with E-state index in [1.165, 1.54) is 42.5 Å². The number of imidazole rings is 1. The van der Waals surface area contributed by atoms with E-state index in [4.69, 9.17) is 4.74 Å². The first kappa shape index (κ1) is 25.2. The van der Waals surface area contributed by atoms with Gasteiger partial charge in [0, 0.05) is 38.2 Å². The molecule has 2 aromatic heterocycles. The molecule has 37 heavy (non-hydrogen) atoms. The summed E-state index contributed by atoms with van der Waals surface area (Å²) in [6.45, 7) is 0.113. The number of pyridine rings is 1. The normalized spacial score (nSPS) is 11.0. The van der Waals surface area contributed by atoms with Gasteiger partial charge in [-0.25, -0.2) is 9.78 Å². The number of benzene rings is 2. The smallest absolute Gasteiger partial charge is 0.416 e. The number of urea groups is 1. The number of nitrogens with zero attached hydrogens (tertiary/aromatic N) is 3. The van der Waals surface area contributed by atoms with E-state index in [2.05, 4.69) is 25.9 Å². The summed E-state index contributed by atoms with van der Waals surface area (Å²) in [6, 6.07) is 12.3. The Balaban J connectivity index is 1.39. The highest BCUT2D eigenvalue weighted by Gasteiger charge is 2.31. The summed E-state index contributed by atoms with van der Waals surface area (Å²) in [6.07, 6.45) is 1.34. The summed E-state index contributed by atoms with van der Waals surface area (Å²) >= 11 is 0. The highest BCUT2D eigenvalue weighted by atomic mass is 19.4. The molecule has 9 nitrogen and oxygen atoms in total. The SMILES string of the molecule is CNC(=O)c1cc(Oc2ccc(CNC(=O)Nc3cc(C(F)(F)F)ccc3-n3ccnc3)cc2)ccn1. The zero-order valence-corrected chi connectivity index (χ0v) is 19.4. The Kier molecular flexibility index (Phi) is 7.37. The van der Waals surface area contributed by atoms with Crippen molar-refractivity contribution in [3.05, 3.63) is 96.3 Å². The first-order valence-corrected chi connectivity index (χ1v) is 10.9. The van der Waals surface area contributed by atoms with E-state index in [0.717, 1.165) is 17.7 Å². The second-order valence-electron chi connectivity index (χ2n) is 7.71. The molecule has 0 bridgehead atoms. The Morgan fingerprint density at radius 2 is 1.78 bits per heavy atom. The number of alkyl halides is 3. The Bertz CT molecular complexity index is 1390. The summed E-state index contributed by atoms with van der Waals surface area (Å²) in [7, 11) is 1.50. The van der Waals surface area contributed by atoms with Gasteiger partial charge in [-0.1, -0.05) is 12.1 Å². The van der Waals surface area contributed by atoms with E-state index < -0.39 is 17.8 Å². The van der Waals surface area contributed by atoms with Crippen molar-refractivity contribution in [2.24, 2.45) is 0 Å². The minimum absolute atomic E-state index is 0.0254. The third-order valence-corrected chi connectivity index (χ3v) is 5.16. The minimum atomic E-state index is -4.57. The van der Waals surface area contributed by atoms with Crippen molar-refractivity contribution >= 4 is 17.6 Å². The van der Waals surface area contributed by atoms with Crippen LogP contribution in [0.1, 0.15) is 21.6 Å². The average molecular weight is 510 g/mol. The monoisotopic (exact) mass is 510 g/mol. The molecule has 0 unspecified atom stereocenters. The van der Waals surface area contributed by atoms with Crippen molar-refractivity contribution in [1.82, 2.24) is 25.2 Å². The molecule has 0 aliphatic rings. The molecular weight excluding hydrogens is 489 g/mol. The maximum Gasteiger partial charge on any atom is 0.416 e. The van der Waals surface area contributed by atoms with Crippen molar-refractivity contribution in [2.45, 2.75) is 12.7 Å². The zero-order valence-electron chi connectivity index (χ0n) is 19.4. The van der Waals surface area contributed by atoms with E-state index in [1.807, 2.05) is 0 Å². The molecule has 4 rings (SSSR count). The number of carbonyl (C=O) groups excluding carboxylic acids is 2. The molecule has 190 valence electrons. The Hall–Kier alpha value is -4.87. The van der Waals surface area contributed by atoms with E-state index in [1.54, 1.807) is 36.5 Å². The summed E-state index contributed by atoms with van der Waals surface area (Å²) < 4.78 is 46.9. The molecule has 0 spiro atoms. The predicted octanol–water partition coefficient (Wildman–Crippen LogP) is 4.76. The van der Waals surface area contributed by atoms with Gasteiger partial charge in [-0.15, -0.1) is 0 Å². The standard InChI is InChI=1S/C25H21F3N6O3/c1-29-23(35)21-13-19(8-9-31-21)37-18-5-2-16(3-6-18)14-32-24(36)33-20-12-17(25(26,27)28)4-7-22(20)34-11-10-30-15-34/h2-13,15H,14H2,1H3,(H,29,35)(H2,32,33,36). The van der Waals surface area contributed by atoms with Crippen LogP contribution in [0.15, 0.2) is 79.5 Å². The third-order valence-electron chi connectivity index (χ3n) is 5.16. The van der Waals surface area contributed by atoms with Crippen LogP contribution in [0.2, 0.25) is 0 Å². The second kappa shape index (κ2) is 10.8. The van der Waals surface area contributed by atoms with Gasteiger partial charge in [-0.05, 0) is 42.0 Å². The summed E-state index contributed by atoms with van der Waals surface area (Å²) in [5.74, 6) is 0.581. The largest absolute Gasteiger partial charge is 0.457 e. The fourth-order valence-corrected chi connectivity index (χ4v) is 3.33. The van der Waals surface area contributed by atoms with Gasteiger partial charge in [-0.3, -0.25) is 9.78 Å². The molecule has 0 atom stereocenters. The molecule has 0 aliphatic carbocycles. The first-order chi connectivity index (χ1) is 17.7. The van der Waals surface area contributed by atoms with Gasteiger partial charge in [0.1, 0.15) is 17.2 Å². The van der Waals surface area contributed by atoms with Gasteiger partial charge in [0.2, 0.25) is 0 Å². The topological polar surface area (TPSA) is 110 Å². The number of anilines is 1. The lowest BCUT2D eigenvalue weighted by Crippen LogP contribution is -2.28. The molecular formula is C25H21F3N6O3. The van der Waals surface area contributed by atoms with E-state index in [0.29, 0.717) is 17.2 Å². The highest BCUT2D eigenvalue weighted by molar-refractivity contribution is 5.92. The van der Waals surface area contributed by atoms with Crippen LogP contribution in [-0.4, -0.2) is 33.5 Å². The summed E-state index contributed by atoms with van der Waals surface area (Å²) in [4.78, 5) is 32.1. The van der Waals surface area contributed by atoms with Crippen LogP contribution in [0.5, 0.6) is 11.5 Å². The fourth-order valence-electron chi connectivity index (χ4n) is 3.33. The minimum Gasteiger partial charge on any atom is -0.457 e. The van der Waals surface area contributed by atoms with Gasteiger partial charge in [0.15, 0.2) is 0 Å². The van der Waals surface area contributed by atoms with Crippen molar-refractivity contribution in [1.29, 1.82) is 0 Å². The van der Waals surface area contributed by atoms with Crippen molar-refractivity contribution in [2.75, 3.05) is 12.4 Å². The molecule has 0 saturated heterocycles. The molecule has 0 saturated carbocycles. The Morgan fingerprint density at radius 3 is 2.46 bits per heavy atom. The van der Waals surface area contributed by atoms with Gasteiger partial charge in [0.25, 0.3) is 5.91 Å². The third kappa shape index (κ3) is 6.42. The number of amides is 3. The van der Waals surface area contributed by atoms with Crippen LogP contribution in [0, 0.1) is 0 Å². The number of hydrogen-bond donors (Lipinski definition) is 3. The van der Waals surface area contributed by atoms with Gasteiger partial charge in [0.05, 0.1) is 23.3 Å². The molecule has 0 fully saturated rings. The Morgan fingerprint density at radius 1 is 1.00 bits per heavy atom. The van der Waals surface area contributed by atoms with Crippen LogP contribution < -0.4 is 20.7 Å². The van der Waals surface area contributed by atoms with Crippen LogP contribution >= 0.6 is 0 Å². The van der Waals surface area contributed by atoms with Crippen molar-refractivity contribution in [3.63, 3.8) is 0 Å². The number of carbonyl (C=O) groups is 2.